The maximum atomic E-state index is 14.1. The van der Waals surface area contributed by atoms with E-state index in [0.29, 0.717) is 0 Å². The SMILES string of the molecule is O=C(N[C@@H](c1ccc(F)cc1)c1cccs1)[C@@H]1CC(=O)N(c2ccccc2F)C1. The molecule has 1 fully saturated rings. The predicted octanol–water partition coefficient (Wildman–Crippen LogP) is 4.29. The van der Waals surface area contributed by atoms with Crippen LogP contribution in [0.1, 0.15) is 22.9 Å². The molecule has 2 amide bonds. The summed E-state index contributed by atoms with van der Waals surface area (Å²) >= 11 is 1.48. The zero-order valence-corrected chi connectivity index (χ0v) is 16.2. The van der Waals surface area contributed by atoms with Crippen molar-refractivity contribution < 1.29 is 18.4 Å². The van der Waals surface area contributed by atoms with Gasteiger partial charge in [0.2, 0.25) is 11.8 Å². The van der Waals surface area contributed by atoms with Gasteiger partial charge in [-0.1, -0.05) is 30.3 Å². The topological polar surface area (TPSA) is 49.4 Å². The third-order valence-corrected chi connectivity index (χ3v) is 5.89. The number of amides is 2. The van der Waals surface area contributed by atoms with E-state index in [1.165, 1.54) is 40.5 Å². The molecule has 1 aliphatic heterocycles. The van der Waals surface area contributed by atoms with Crippen molar-refractivity contribution in [2.75, 3.05) is 11.4 Å². The van der Waals surface area contributed by atoms with Gasteiger partial charge in [-0.25, -0.2) is 8.78 Å². The normalized spacial score (nSPS) is 17.4. The van der Waals surface area contributed by atoms with Gasteiger partial charge in [0.05, 0.1) is 17.6 Å². The quantitative estimate of drug-likeness (QED) is 0.680. The van der Waals surface area contributed by atoms with Crippen molar-refractivity contribution in [2.45, 2.75) is 12.5 Å². The van der Waals surface area contributed by atoms with Gasteiger partial charge in [-0.2, -0.15) is 0 Å². The smallest absolute Gasteiger partial charge is 0.227 e. The molecule has 0 bridgehead atoms. The van der Waals surface area contributed by atoms with Crippen LogP contribution in [0, 0.1) is 17.6 Å². The first-order valence-corrected chi connectivity index (χ1v) is 10.0. The fourth-order valence-electron chi connectivity index (χ4n) is 3.48. The second-order valence-corrected chi connectivity index (χ2v) is 7.84. The molecular weight excluding hydrogens is 394 g/mol. The number of nitrogens with zero attached hydrogens (tertiary/aromatic N) is 1. The minimum absolute atomic E-state index is 0.0146. The Balaban J connectivity index is 1.53. The van der Waals surface area contributed by atoms with E-state index < -0.39 is 17.8 Å². The van der Waals surface area contributed by atoms with Crippen molar-refractivity contribution in [3.05, 3.63) is 88.1 Å². The molecule has 2 heterocycles. The third kappa shape index (κ3) is 4.05. The lowest BCUT2D eigenvalue weighted by Crippen LogP contribution is -2.35. The van der Waals surface area contributed by atoms with Crippen LogP contribution in [0.4, 0.5) is 14.5 Å². The minimum atomic E-state index is -0.593. The molecule has 3 aromatic rings. The lowest BCUT2D eigenvalue weighted by atomic mass is 10.0. The van der Waals surface area contributed by atoms with Gasteiger partial charge < -0.3 is 10.2 Å². The molecule has 0 radical (unpaired) electrons. The van der Waals surface area contributed by atoms with E-state index in [1.807, 2.05) is 17.5 Å². The van der Waals surface area contributed by atoms with E-state index >= 15 is 0 Å². The molecule has 4 nitrogen and oxygen atoms in total. The number of hydrogen-bond acceptors (Lipinski definition) is 3. The Morgan fingerprint density at radius 2 is 1.83 bits per heavy atom. The summed E-state index contributed by atoms with van der Waals surface area (Å²) < 4.78 is 27.4. The number of thiophene rings is 1. The highest BCUT2D eigenvalue weighted by atomic mass is 32.1. The van der Waals surface area contributed by atoms with Crippen LogP contribution in [0.5, 0.6) is 0 Å². The summed E-state index contributed by atoms with van der Waals surface area (Å²) in [6.07, 6.45) is 0.0146. The minimum Gasteiger partial charge on any atom is -0.344 e. The van der Waals surface area contributed by atoms with Gasteiger partial charge in [-0.15, -0.1) is 11.3 Å². The summed E-state index contributed by atoms with van der Waals surface area (Å²) in [6, 6.07) is 15.3. The van der Waals surface area contributed by atoms with E-state index in [9.17, 15) is 18.4 Å². The summed E-state index contributed by atoms with van der Waals surface area (Å²) in [6.45, 7) is 0.117. The second-order valence-electron chi connectivity index (χ2n) is 6.87. The van der Waals surface area contributed by atoms with Gasteiger partial charge in [0, 0.05) is 17.8 Å². The number of nitrogens with one attached hydrogen (secondary N) is 1. The number of anilines is 1. The molecule has 2 aromatic carbocycles. The van der Waals surface area contributed by atoms with Gasteiger partial charge in [0.15, 0.2) is 0 Å². The average Bonchev–Trinajstić information content (AvgIpc) is 3.37. The fourth-order valence-corrected chi connectivity index (χ4v) is 4.28. The summed E-state index contributed by atoms with van der Waals surface area (Å²) in [5, 5.41) is 4.88. The lowest BCUT2D eigenvalue weighted by molar-refractivity contribution is -0.126. The summed E-state index contributed by atoms with van der Waals surface area (Å²) in [4.78, 5) is 27.6. The molecule has 1 saturated heterocycles. The first-order valence-electron chi connectivity index (χ1n) is 9.17. The number of carbonyl (C=O) groups is 2. The Labute approximate surface area is 170 Å². The van der Waals surface area contributed by atoms with Crippen molar-refractivity contribution >= 4 is 28.8 Å². The van der Waals surface area contributed by atoms with Gasteiger partial charge in [0.1, 0.15) is 11.6 Å². The maximum absolute atomic E-state index is 14.1. The van der Waals surface area contributed by atoms with Crippen LogP contribution in [0.15, 0.2) is 66.0 Å². The van der Waals surface area contributed by atoms with Crippen molar-refractivity contribution in [3.8, 4) is 0 Å². The Kier molecular flexibility index (Phi) is 5.40. The van der Waals surface area contributed by atoms with Crippen LogP contribution in [-0.4, -0.2) is 18.4 Å². The van der Waals surface area contributed by atoms with Crippen LogP contribution in [-0.2, 0) is 9.59 Å². The molecule has 1 aromatic heterocycles. The molecule has 2 atom stereocenters. The van der Waals surface area contributed by atoms with Gasteiger partial charge >= 0.3 is 0 Å². The Morgan fingerprint density at radius 3 is 2.52 bits per heavy atom. The Bertz CT molecular complexity index is 1020. The van der Waals surface area contributed by atoms with Crippen molar-refractivity contribution in [3.63, 3.8) is 0 Å². The molecule has 0 aliphatic carbocycles. The van der Waals surface area contributed by atoms with Crippen molar-refractivity contribution in [2.24, 2.45) is 5.92 Å². The third-order valence-electron chi connectivity index (χ3n) is 4.96. The molecule has 1 N–H and O–H groups in total. The van der Waals surface area contributed by atoms with Gasteiger partial charge in [-0.3, -0.25) is 9.59 Å². The van der Waals surface area contributed by atoms with Gasteiger partial charge in [0.25, 0.3) is 0 Å². The van der Waals surface area contributed by atoms with Crippen LogP contribution in [0.3, 0.4) is 0 Å². The molecule has 4 rings (SSSR count). The maximum Gasteiger partial charge on any atom is 0.227 e. The van der Waals surface area contributed by atoms with E-state index in [4.69, 9.17) is 0 Å². The molecule has 0 unspecified atom stereocenters. The predicted molar refractivity (Wildman–Crippen MR) is 108 cm³/mol. The highest BCUT2D eigenvalue weighted by Gasteiger charge is 2.37. The average molecular weight is 412 g/mol. The van der Waals surface area contributed by atoms with Crippen LogP contribution < -0.4 is 10.2 Å². The van der Waals surface area contributed by atoms with Crippen molar-refractivity contribution in [1.82, 2.24) is 5.32 Å². The van der Waals surface area contributed by atoms with Crippen LogP contribution >= 0.6 is 11.3 Å². The van der Waals surface area contributed by atoms with Crippen molar-refractivity contribution in [1.29, 1.82) is 0 Å². The highest BCUT2D eigenvalue weighted by molar-refractivity contribution is 7.10. The van der Waals surface area contributed by atoms with E-state index in [0.717, 1.165) is 10.4 Å². The molecule has 1 aliphatic rings. The van der Waals surface area contributed by atoms with E-state index in [-0.39, 0.29) is 36.3 Å². The summed E-state index contributed by atoms with van der Waals surface area (Å²) in [5.74, 6) is -2.02. The monoisotopic (exact) mass is 412 g/mol. The molecule has 7 heteroatoms. The number of carbonyl (C=O) groups excluding carboxylic acids is 2. The Morgan fingerprint density at radius 1 is 1.07 bits per heavy atom. The van der Waals surface area contributed by atoms with E-state index in [1.54, 1.807) is 24.3 Å². The highest BCUT2D eigenvalue weighted by Crippen LogP contribution is 2.30. The molecule has 148 valence electrons. The molecule has 0 saturated carbocycles. The zero-order valence-electron chi connectivity index (χ0n) is 15.3. The van der Waals surface area contributed by atoms with E-state index in [2.05, 4.69) is 5.32 Å². The number of para-hydroxylation sites is 1. The molecule has 29 heavy (non-hydrogen) atoms. The number of rotatable bonds is 5. The first-order chi connectivity index (χ1) is 14.0. The number of benzene rings is 2. The summed E-state index contributed by atoms with van der Waals surface area (Å²) in [7, 11) is 0. The van der Waals surface area contributed by atoms with Crippen LogP contribution in [0.25, 0.3) is 0 Å². The molecular formula is C22H18F2N2O2S. The standard InChI is InChI=1S/C22H18F2N2O2S/c23-16-9-7-14(8-10-16)21(19-6-3-11-29-19)25-22(28)15-12-20(27)26(13-15)18-5-2-1-4-17(18)24/h1-11,15,21H,12-13H2,(H,25,28)/t15-,21+/m1/s1. The fraction of sp³-hybridized carbons (Fsp3) is 0.182. The number of hydrogen-bond donors (Lipinski definition) is 1. The van der Waals surface area contributed by atoms with Crippen LogP contribution in [0.2, 0.25) is 0 Å². The second kappa shape index (κ2) is 8.13. The number of halogens is 2. The summed E-state index contributed by atoms with van der Waals surface area (Å²) in [5.41, 5.74) is 0.929. The first kappa shape index (κ1) is 19.3. The molecule has 0 spiro atoms. The Hall–Kier alpha value is -3.06. The largest absolute Gasteiger partial charge is 0.344 e. The lowest BCUT2D eigenvalue weighted by Gasteiger charge is -2.21. The van der Waals surface area contributed by atoms with Gasteiger partial charge in [-0.05, 0) is 41.3 Å². The zero-order chi connectivity index (χ0) is 20.4.